The molecule has 1 aromatic carbocycles. The largest absolute Gasteiger partial charge is 0.320 e. The second-order valence-corrected chi connectivity index (χ2v) is 9.70. The number of aliphatic imine (C=N–C) groups is 1. The van der Waals surface area contributed by atoms with Crippen LogP contribution in [0.2, 0.25) is 0 Å². The van der Waals surface area contributed by atoms with Crippen LogP contribution in [0.1, 0.15) is 37.7 Å². The Morgan fingerprint density at radius 3 is 2.89 bits per heavy atom. The van der Waals surface area contributed by atoms with Gasteiger partial charge in [0.2, 0.25) is 5.96 Å². The number of rotatable bonds is 2. The lowest BCUT2D eigenvalue weighted by atomic mass is 9.86. The van der Waals surface area contributed by atoms with Crippen molar-refractivity contribution in [1.29, 1.82) is 0 Å². The maximum atomic E-state index is 12.7. The predicted octanol–water partition coefficient (Wildman–Crippen LogP) is 3.85. The summed E-state index contributed by atoms with van der Waals surface area (Å²) in [6, 6.07) is 6.02. The number of thiol groups is 1. The molecule has 2 bridgehead atoms. The molecule has 1 amide bonds. The monoisotopic (exact) mass is 396 g/mol. The number of hydrogen-bond donors (Lipinski definition) is 2. The number of carbonyl (C=O) groups excluding carboxylic acids is 1. The number of benzene rings is 1. The van der Waals surface area contributed by atoms with Crippen LogP contribution in [0.3, 0.4) is 0 Å². The van der Waals surface area contributed by atoms with Crippen molar-refractivity contribution in [1.82, 2.24) is 14.6 Å². The van der Waals surface area contributed by atoms with E-state index in [2.05, 4.69) is 29.2 Å². The zero-order valence-corrected chi connectivity index (χ0v) is 16.5. The summed E-state index contributed by atoms with van der Waals surface area (Å²) in [5, 5.41) is 3.23. The molecule has 4 fully saturated rings. The van der Waals surface area contributed by atoms with Gasteiger partial charge in [-0.15, -0.1) is 11.3 Å². The van der Waals surface area contributed by atoms with E-state index in [1.807, 2.05) is 23.7 Å². The van der Waals surface area contributed by atoms with Gasteiger partial charge in [0, 0.05) is 0 Å². The number of aromatic nitrogens is 1. The summed E-state index contributed by atoms with van der Waals surface area (Å²) in [4.78, 5) is 22.0. The van der Waals surface area contributed by atoms with Crippen LogP contribution in [-0.2, 0) is 4.79 Å². The first-order valence-electron chi connectivity index (χ1n) is 9.55. The topological polar surface area (TPSA) is 57.6 Å². The molecule has 1 aliphatic heterocycles. The molecular formula is C20H20N4OS2. The van der Waals surface area contributed by atoms with Gasteiger partial charge in [-0.05, 0) is 73.6 Å². The van der Waals surface area contributed by atoms with Crippen molar-refractivity contribution in [2.75, 3.05) is 0 Å². The summed E-state index contributed by atoms with van der Waals surface area (Å²) in [7, 11) is 0. The van der Waals surface area contributed by atoms with E-state index in [1.54, 1.807) is 11.3 Å². The van der Waals surface area contributed by atoms with Crippen LogP contribution in [0.15, 0.2) is 34.4 Å². The van der Waals surface area contributed by atoms with Gasteiger partial charge < -0.3 is 5.32 Å². The Bertz CT molecular complexity index is 1010. The number of hydrogen-bond acceptors (Lipinski definition) is 5. The van der Waals surface area contributed by atoms with Crippen molar-refractivity contribution < 1.29 is 4.79 Å². The highest BCUT2D eigenvalue weighted by molar-refractivity contribution is 7.79. The molecule has 2 unspecified atom stereocenters. The highest BCUT2D eigenvalue weighted by Gasteiger charge is 2.58. The van der Waals surface area contributed by atoms with E-state index in [4.69, 9.17) is 4.99 Å². The maximum Gasteiger partial charge on any atom is 0.287 e. The summed E-state index contributed by atoms with van der Waals surface area (Å²) in [5.41, 5.74) is 4.35. The molecule has 5 nitrogen and oxygen atoms in total. The smallest absolute Gasteiger partial charge is 0.287 e. The van der Waals surface area contributed by atoms with Crippen LogP contribution in [0.5, 0.6) is 0 Å². The third-order valence-electron chi connectivity index (χ3n) is 6.90. The normalized spacial score (nSPS) is 37.3. The quantitative estimate of drug-likeness (QED) is 0.599. The van der Waals surface area contributed by atoms with E-state index in [1.165, 1.54) is 36.4 Å². The van der Waals surface area contributed by atoms with Crippen LogP contribution in [0.25, 0.3) is 16.3 Å². The number of guanidine groups is 1. The molecule has 27 heavy (non-hydrogen) atoms. The van der Waals surface area contributed by atoms with Gasteiger partial charge >= 0.3 is 0 Å². The molecule has 3 saturated carbocycles. The predicted molar refractivity (Wildman–Crippen MR) is 110 cm³/mol. The first-order chi connectivity index (χ1) is 13.1. The molecule has 0 radical (unpaired) electrons. The Kier molecular flexibility index (Phi) is 3.33. The second-order valence-electron chi connectivity index (χ2n) is 8.41. The molecular weight excluding hydrogens is 376 g/mol. The molecule has 7 heteroatoms. The number of nitrogens with zero attached hydrogens (tertiary/aromatic N) is 3. The van der Waals surface area contributed by atoms with Gasteiger partial charge in [0.1, 0.15) is 5.70 Å². The molecule has 2 heterocycles. The minimum absolute atomic E-state index is 0.0249. The molecule has 1 N–H and O–H groups in total. The Balaban J connectivity index is 1.31. The van der Waals surface area contributed by atoms with Crippen molar-refractivity contribution in [3.8, 4) is 0 Å². The van der Waals surface area contributed by atoms with Gasteiger partial charge in [-0.2, -0.15) is 0 Å². The molecule has 138 valence electrons. The summed E-state index contributed by atoms with van der Waals surface area (Å²) in [6.07, 6.45) is 8.14. The zero-order chi connectivity index (χ0) is 18.2. The molecule has 6 rings (SSSR count). The second kappa shape index (κ2) is 5.58. The molecule has 2 aromatic rings. The van der Waals surface area contributed by atoms with Crippen molar-refractivity contribution in [3.05, 3.63) is 35.0 Å². The SMILES string of the molecule is O=C1/C(=C/c2ccc3ncsc3c2)NC(=NC23CC4CCC(C2)C4C3)N1S. The first kappa shape index (κ1) is 16.1. The molecule has 4 aliphatic rings. The average molecular weight is 397 g/mol. The maximum absolute atomic E-state index is 12.7. The van der Waals surface area contributed by atoms with E-state index < -0.39 is 0 Å². The number of amides is 1. The Hall–Kier alpha value is -1.86. The lowest BCUT2D eigenvalue weighted by Gasteiger charge is -2.26. The fourth-order valence-corrected chi connectivity index (χ4v) is 6.77. The van der Waals surface area contributed by atoms with Crippen LogP contribution < -0.4 is 5.32 Å². The summed E-state index contributed by atoms with van der Waals surface area (Å²) in [5.74, 6) is 3.00. The van der Waals surface area contributed by atoms with Gasteiger partial charge in [-0.1, -0.05) is 18.9 Å². The molecule has 1 aromatic heterocycles. The third kappa shape index (κ3) is 2.41. The fourth-order valence-electron chi connectivity index (χ4n) is 5.85. The van der Waals surface area contributed by atoms with Crippen molar-refractivity contribution in [3.63, 3.8) is 0 Å². The first-order valence-corrected chi connectivity index (χ1v) is 10.8. The van der Waals surface area contributed by atoms with Crippen LogP contribution in [0, 0.1) is 17.8 Å². The van der Waals surface area contributed by atoms with Gasteiger partial charge in [0.15, 0.2) is 0 Å². The third-order valence-corrected chi connectivity index (χ3v) is 8.06. The van der Waals surface area contributed by atoms with Crippen molar-refractivity contribution in [2.24, 2.45) is 22.7 Å². The highest BCUT2D eigenvalue weighted by atomic mass is 32.1. The van der Waals surface area contributed by atoms with Gasteiger partial charge in [-0.25, -0.2) is 14.3 Å². The molecule has 3 aliphatic carbocycles. The standard InChI is InChI=1S/C20H20N4OS2/c25-18-16(5-11-1-4-15-17(6-11)27-10-21-15)22-19(24(18)26)23-20-7-12-2-3-13(8-20)14(12)9-20/h1,4-6,10,12-14,26H,2-3,7-9H2,(H,22,23)/b16-5-. The average Bonchev–Trinajstić information content (AvgIpc) is 3.41. The lowest BCUT2D eigenvalue weighted by molar-refractivity contribution is -0.119. The van der Waals surface area contributed by atoms with E-state index in [9.17, 15) is 4.79 Å². The van der Waals surface area contributed by atoms with Gasteiger partial charge in [0.05, 0.1) is 21.3 Å². The Labute approximate surface area is 167 Å². The van der Waals surface area contributed by atoms with Crippen molar-refractivity contribution >= 4 is 52.3 Å². The van der Waals surface area contributed by atoms with E-state index in [0.29, 0.717) is 11.7 Å². The highest BCUT2D eigenvalue weighted by Crippen LogP contribution is 2.63. The summed E-state index contributed by atoms with van der Waals surface area (Å²) < 4.78 is 2.49. The van der Waals surface area contributed by atoms with E-state index >= 15 is 0 Å². The van der Waals surface area contributed by atoms with E-state index in [-0.39, 0.29) is 11.4 Å². The van der Waals surface area contributed by atoms with Crippen LogP contribution in [0.4, 0.5) is 0 Å². The summed E-state index contributed by atoms with van der Waals surface area (Å²) >= 11 is 6.02. The van der Waals surface area contributed by atoms with Crippen LogP contribution in [-0.4, -0.2) is 26.7 Å². The fraction of sp³-hybridized carbons (Fsp3) is 0.450. The summed E-state index contributed by atoms with van der Waals surface area (Å²) in [6.45, 7) is 0. The molecule has 0 spiro atoms. The minimum Gasteiger partial charge on any atom is -0.320 e. The van der Waals surface area contributed by atoms with Gasteiger partial charge in [0.25, 0.3) is 5.91 Å². The number of fused-ring (bicyclic) bond motifs is 2. The molecule has 2 atom stereocenters. The zero-order valence-electron chi connectivity index (χ0n) is 14.8. The van der Waals surface area contributed by atoms with Crippen molar-refractivity contribution in [2.45, 2.75) is 37.6 Å². The Morgan fingerprint density at radius 1 is 1.30 bits per heavy atom. The minimum atomic E-state index is -0.145. The lowest BCUT2D eigenvalue weighted by Crippen LogP contribution is -2.31. The number of carbonyl (C=O) groups is 1. The number of nitrogens with one attached hydrogen (secondary N) is 1. The van der Waals surface area contributed by atoms with Crippen LogP contribution >= 0.6 is 24.2 Å². The number of thiazole rings is 1. The van der Waals surface area contributed by atoms with Gasteiger partial charge in [-0.3, -0.25) is 4.79 Å². The Morgan fingerprint density at radius 2 is 2.11 bits per heavy atom. The molecule has 1 saturated heterocycles. The van der Waals surface area contributed by atoms with E-state index in [0.717, 1.165) is 33.5 Å².